The lowest BCUT2D eigenvalue weighted by atomic mass is 9.96. The minimum atomic E-state index is -0.295. The van der Waals surface area contributed by atoms with E-state index in [1.807, 2.05) is 4.90 Å². The fraction of sp³-hybridized carbons (Fsp3) is 0.526. The molecule has 0 spiro atoms. The van der Waals surface area contributed by atoms with Crippen molar-refractivity contribution in [1.29, 1.82) is 0 Å². The number of halogens is 1. The van der Waals surface area contributed by atoms with Gasteiger partial charge in [-0.05, 0) is 37.0 Å². The molecule has 2 aliphatic rings. The lowest BCUT2D eigenvalue weighted by molar-refractivity contribution is 0.0224. The number of nitrogens with one attached hydrogen (secondary N) is 1. The van der Waals surface area contributed by atoms with Crippen LogP contribution in [0.4, 0.5) is 4.39 Å². The zero-order valence-electron chi connectivity index (χ0n) is 14.3. The molecule has 0 bridgehead atoms. The van der Waals surface area contributed by atoms with Gasteiger partial charge >= 0.3 is 0 Å². The number of nitrogens with zero attached hydrogens (tertiary/aromatic N) is 2. The molecule has 3 heterocycles. The van der Waals surface area contributed by atoms with E-state index < -0.39 is 0 Å². The van der Waals surface area contributed by atoms with E-state index in [2.05, 4.69) is 9.88 Å². The van der Waals surface area contributed by atoms with Crippen molar-refractivity contribution in [1.82, 2.24) is 14.8 Å². The Balaban J connectivity index is 1.45. The van der Waals surface area contributed by atoms with E-state index >= 15 is 0 Å². The summed E-state index contributed by atoms with van der Waals surface area (Å²) in [5.41, 5.74) is 1.31. The highest BCUT2D eigenvalue weighted by Gasteiger charge is 2.27. The maximum absolute atomic E-state index is 13.3. The van der Waals surface area contributed by atoms with Crippen molar-refractivity contribution in [3.05, 3.63) is 35.8 Å². The summed E-state index contributed by atoms with van der Waals surface area (Å²) in [6.45, 7) is 6.21. The van der Waals surface area contributed by atoms with Gasteiger partial charge in [0.25, 0.3) is 5.91 Å². The molecule has 2 aromatic rings. The third kappa shape index (κ3) is 3.55. The maximum Gasteiger partial charge on any atom is 0.256 e. The van der Waals surface area contributed by atoms with Crippen molar-refractivity contribution in [3.63, 3.8) is 0 Å². The molecule has 1 aromatic heterocycles. The molecule has 134 valence electrons. The van der Waals surface area contributed by atoms with Gasteiger partial charge in [-0.1, -0.05) is 0 Å². The van der Waals surface area contributed by atoms with Crippen LogP contribution in [-0.4, -0.2) is 66.6 Å². The van der Waals surface area contributed by atoms with Crippen molar-refractivity contribution >= 4 is 16.8 Å². The molecular weight excluding hydrogens is 321 g/mol. The average molecular weight is 345 g/mol. The quantitative estimate of drug-likeness (QED) is 0.930. The molecule has 1 atom stereocenters. The highest BCUT2D eigenvalue weighted by Crippen LogP contribution is 2.24. The van der Waals surface area contributed by atoms with Crippen LogP contribution in [-0.2, 0) is 4.74 Å². The molecule has 1 N–H and O–H groups in total. The highest BCUT2D eigenvalue weighted by atomic mass is 19.1. The number of H-pyrrole nitrogens is 1. The first-order valence-corrected chi connectivity index (χ1v) is 9.07. The van der Waals surface area contributed by atoms with Crippen LogP contribution in [0.5, 0.6) is 0 Å². The third-order valence-electron chi connectivity index (χ3n) is 5.30. The molecule has 4 rings (SSSR count). The number of morpholine rings is 1. The number of carbonyl (C=O) groups is 1. The summed E-state index contributed by atoms with van der Waals surface area (Å²) in [5, 5.41) is 0.793. The van der Waals surface area contributed by atoms with Crippen LogP contribution >= 0.6 is 0 Å². The van der Waals surface area contributed by atoms with Crippen LogP contribution in [0.1, 0.15) is 23.2 Å². The van der Waals surface area contributed by atoms with E-state index in [0.717, 1.165) is 57.7 Å². The van der Waals surface area contributed by atoms with Crippen LogP contribution < -0.4 is 0 Å². The lowest BCUT2D eigenvalue weighted by Gasteiger charge is -2.36. The molecule has 0 radical (unpaired) electrons. The van der Waals surface area contributed by atoms with Crippen molar-refractivity contribution in [2.75, 3.05) is 45.9 Å². The second-order valence-corrected chi connectivity index (χ2v) is 7.06. The SMILES string of the molecule is O=C(c1c[nH]c2cc(F)ccc12)N1CCC[C@H](CN2CCOCC2)C1. The van der Waals surface area contributed by atoms with Crippen LogP contribution in [0.3, 0.4) is 0 Å². The zero-order valence-corrected chi connectivity index (χ0v) is 14.3. The number of rotatable bonds is 3. The lowest BCUT2D eigenvalue weighted by Crippen LogP contribution is -2.46. The predicted octanol–water partition coefficient (Wildman–Crippen LogP) is 2.49. The monoisotopic (exact) mass is 345 g/mol. The molecular formula is C19H24FN3O2. The van der Waals surface area contributed by atoms with Crippen molar-refractivity contribution in [3.8, 4) is 0 Å². The Morgan fingerprint density at radius 2 is 2.12 bits per heavy atom. The number of amides is 1. The van der Waals surface area contributed by atoms with Gasteiger partial charge in [0, 0.05) is 49.8 Å². The molecule has 1 aromatic carbocycles. The molecule has 0 aliphatic carbocycles. The van der Waals surface area contributed by atoms with Gasteiger partial charge in [0.1, 0.15) is 5.82 Å². The molecule has 2 aliphatic heterocycles. The summed E-state index contributed by atoms with van der Waals surface area (Å²) in [6, 6.07) is 4.53. The molecule has 1 amide bonds. The number of fused-ring (bicyclic) bond motifs is 1. The zero-order chi connectivity index (χ0) is 17.2. The Labute approximate surface area is 146 Å². The second-order valence-electron chi connectivity index (χ2n) is 7.06. The molecule has 0 unspecified atom stereocenters. The van der Waals surface area contributed by atoms with Crippen molar-refractivity contribution in [2.24, 2.45) is 5.92 Å². The maximum atomic E-state index is 13.3. The minimum absolute atomic E-state index is 0.0459. The standard InChI is InChI=1S/C19H24FN3O2/c20-15-3-4-16-17(11-21-18(16)10-15)19(24)23-5-1-2-14(13-23)12-22-6-8-25-9-7-22/h3-4,10-11,14,21H,1-2,5-9,12-13H2/t14-/m1/s1. The molecule has 2 fully saturated rings. The number of aromatic amines is 1. The van der Waals surface area contributed by atoms with E-state index in [1.165, 1.54) is 18.6 Å². The number of piperidine rings is 1. The Morgan fingerprint density at radius 1 is 1.28 bits per heavy atom. The summed E-state index contributed by atoms with van der Waals surface area (Å²) in [7, 11) is 0. The van der Waals surface area contributed by atoms with E-state index in [-0.39, 0.29) is 11.7 Å². The first-order valence-electron chi connectivity index (χ1n) is 9.07. The fourth-order valence-electron chi connectivity index (χ4n) is 3.99. The van der Waals surface area contributed by atoms with E-state index in [0.29, 0.717) is 17.0 Å². The number of likely N-dealkylation sites (tertiary alicyclic amines) is 1. The third-order valence-corrected chi connectivity index (χ3v) is 5.30. The number of hydrogen-bond acceptors (Lipinski definition) is 3. The van der Waals surface area contributed by atoms with E-state index in [4.69, 9.17) is 4.74 Å². The van der Waals surface area contributed by atoms with Crippen LogP contribution in [0.25, 0.3) is 10.9 Å². The fourth-order valence-corrected chi connectivity index (χ4v) is 3.99. The summed E-state index contributed by atoms with van der Waals surface area (Å²) >= 11 is 0. The van der Waals surface area contributed by atoms with E-state index in [9.17, 15) is 9.18 Å². The van der Waals surface area contributed by atoms with Gasteiger partial charge in [-0.25, -0.2) is 4.39 Å². The smallest absolute Gasteiger partial charge is 0.256 e. The Kier molecular flexibility index (Phi) is 4.72. The van der Waals surface area contributed by atoms with Gasteiger partial charge in [-0.2, -0.15) is 0 Å². The Morgan fingerprint density at radius 3 is 2.96 bits per heavy atom. The minimum Gasteiger partial charge on any atom is -0.379 e. The normalized spacial score (nSPS) is 22.4. The molecule has 5 nitrogen and oxygen atoms in total. The van der Waals surface area contributed by atoms with Crippen molar-refractivity contribution < 1.29 is 13.9 Å². The number of benzene rings is 1. The summed E-state index contributed by atoms with van der Waals surface area (Å²) < 4.78 is 18.8. The molecule has 2 saturated heterocycles. The van der Waals surface area contributed by atoms with Gasteiger partial charge in [-0.3, -0.25) is 9.69 Å². The van der Waals surface area contributed by atoms with Crippen molar-refractivity contribution in [2.45, 2.75) is 12.8 Å². The van der Waals surface area contributed by atoms with Gasteiger partial charge in [0.15, 0.2) is 0 Å². The van der Waals surface area contributed by atoms with Gasteiger partial charge in [0.05, 0.1) is 18.8 Å². The number of hydrogen-bond donors (Lipinski definition) is 1. The summed E-state index contributed by atoms with van der Waals surface area (Å²) in [6.07, 6.45) is 3.91. The van der Waals surface area contributed by atoms with Crippen LogP contribution in [0.2, 0.25) is 0 Å². The Hall–Kier alpha value is -1.92. The second kappa shape index (κ2) is 7.14. The molecule has 0 saturated carbocycles. The van der Waals surface area contributed by atoms with E-state index in [1.54, 1.807) is 12.3 Å². The van der Waals surface area contributed by atoms with Crippen LogP contribution in [0, 0.1) is 11.7 Å². The first kappa shape index (κ1) is 16.5. The topological polar surface area (TPSA) is 48.6 Å². The number of aromatic nitrogens is 1. The summed E-state index contributed by atoms with van der Waals surface area (Å²) in [5.74, 6) is 0.264. The first-order chi connectivity index (χ1) is 12.2. The summed E-state index contributed by atoms with van der Waals surface area (Å²) in [4.78, 5) is 20.4. The van der Waals surface area contributed by atoms with Gasteiger partial charge in [-0.15, -0.1) is 0 Å². The Bertz CT molecular complexity index is 754. The van der Waals surface area contributed by atoms with Gasteiger partial charge < -0.3 is 14.6 Å². The average Bonchev–Trinajstić information content (AvgIpc) is 3.05. The molecule has 25 heavy (non-hydrogen) atoms. The van der Waals surface area contributed by atoms with Gasteiger partial charge in [0.2, 0.25) is 0 Å². The number of ether oxygens (including phenoxy) is 1. The largest absolute Gasteiger partial charge is 0.379 e. The predicted molar refractivity (Wildman–Crippen MR) is 94.1 cm³/mol. The highest BCUT2D eigenvalue weighted by molar-refractivity contribution is 6.06. The number of carbonyl (C=O) groups excluding carboxylic acids is 1. The van der Waals surface area contributed by atoms with Crippen LogP contribution in [0.15, 0.2) is 24.4 Å². The molecule has 6 heteroatoms.